The summed E-state index contributed by atoms with van der Waals surface area (Å²) in [6, 6.07) is 32.9. The van der Waals surface area contributed by atoms with Crippen LogP contribution in [0.25, 0.3) is 6.08 Å². The van der Waals surface area contributed by atoms with Gasteiger partial charge in [-0.2, -0.15) is 0 Å². The Morgan fingerprint density at radius 3 is 2.00 bits per heavy atom. The fraction of sp³-hybridized carbons (Fsp3) is 0.0645. The summed E-state index contributed by atoms with van der Waals surface area (Å²) in [7, 11) is 0. The molecule has 6 nitrogen and oxygen atoms in total. The molecule has 38 heavy (non-hydrogen) atoms. The highest BCUT2D eigenvalue weighted by Gasteiger charge is 2.15. The van der Waals surface area contributed by atoms with Gasteiger partial charge in [0.15, 0.2) is 0 Å². The van der Waals surface area contributed by atoms with Crippen molar-refractivity contribution in [3.63, 3.8) is 0 Å². The highest BCUT2D eigenvalue weighted by molar-refractivity contribution is 8.00. The number of benzene rings is 4. The van der Waals surface area contributed by atoms with Crippen LogP contribution in [-0.2, 0) is 9.59 Å². The van der Waals surface area contributed by atoms with Crippen molar-refractivity contribution in [1.29, 1.82) is 0 Å². The van der Waals surface area contributed by atoms with Gasteiger partial charge >= 0.3 is 0 Å². The van der Waals surface area contributed by atoms with E-state index >= 15 is 0 Å². The van der Waals surface area contributed by atoms with E-state index < -0.39 is 5.91 Å². The molecule has 0 aliphatic carbocycles. The van der Waals surface area contributed by atoms with Crippen LogP contribution in [0.4, 0.5) is 11.4 Å². The number of carbonyl (C=O) groups excluding carboxylic acids is 3. The van der Waals surface area contributed by atoms with Gasteiger partial charge in [0.2, 0.25) is 5.91 Å². The highest BCUT2D eigenvalue weighted by atomic mass is 32.2. The number of rotatable bonds is 9. The number of hydrogen-bond acceptors (Lipinski definition) is 4. The van der Waals surface area contributed by atoms with Crippen LogP contribution >= 0.6 is 11.8 Å². The lowest BCUT2D eigenvalue weighted by Crippen LogP contribution is -2.30. The zero-order valence-corrected chi connectivity index (χ0v) is 21.6. The van der Waals surface area contributed by atoms with E-state index in [1.165, 1.54) is 11.8 Å². The van der Waals surface area contributed by atoms with Gasteiger partial charge in [0, 0.05) is 21.8 Å². The van der Waals surface area contributed by atoms with Crippen LogP contribution in [0.15, 0.2) is 120 Å². The van der Waals surface area contributed by atoms with Crippen molar-refractivity contribution < 1.29 is 14.4 Å². The number of nitrogens with one attached hydrogen (secondary N) is 3. The fourth-order valence-corrected chi connectivity index (χ4v) is 4.25. The minimum absolute atomic E-state index is 0.0984. The second-order valence-electron chi connectivity index (χ2n) is 8.42. The first-order valence-electron chi connectivity index (χ1n) is 12.0. The monoisotopic (exact) mass is 521 g/mol. The number of carbonyl (C=O) groups is 3. The average Bonchev–Trinajstić information content (AvgIpc) is 2.94. The third-order valence-electron chi connectivity index (χ3n) is 5.56. The van der Waals surface area contributed by atoms with Crippen molar-refractivity contribution in [1.82, 2.24) is 5.32 Å². The Bertz CT molecular complexity index is 1440. The van der Waals surface area contributed by atoms with Gasteiger partial charge in [-0.1, -0.05) is 60.7 Å². The van der Waals surface area contributed by atoms with Gasteiger partial charge in [-0.15, -0.1) is 11.8 Å². The van der Waals surface area contributed by atoms with E-state index in [0.29, 0.717) is 11.3 Å². The number of amides is 3. The van der Waals surface area contributed by atoms with Crippen molar-refractivity contribution in [3.8, 4) is 0 Å². The Kier molecular flexibility index (Phi) is 9.10. The number of thioether (sulfide) groups is 1. The molecule has 7 heteroatoms. The largest absolute Gasteiger partial charge is 0.325 e. The van der Waals surface area contributed by atoms with Crippen LogP contribution in [0.3, 0.4) is 0 Å². The van der Waals surface area contributed by atoms with Crippen molar-refractivity contribution in [2.75, 3.05) is 16.4 Å². The molecule has 0 heterocycles. The average molecular weight is 522 g/mol. The summed E-state index contributed by atoms with van der Waals surface area (Å²) < 4.78 is 0. The van der Waals surface area contributed by atoms with Crippen LogP contribution in [0, 0.1) is 6.92 Å². The summed E-state index contributed by atoms with van der Waals surface area (Å²) in [6.07, 6.45) is 1.67. The van der Waals surface area contributed by atoms with Gasteiger partial charge in [0.1, 0.15) is 5.70 Å². The predicted octanol–water partition coefficient (Wildman–Crippen LogP) is 6.14. The lowest BCUT2D eigenvalue weighted by atomic mass is 10.1. The fourth-order valence-electron chi connectivity index (χ4n) is 3.55. The van der Waals surface area contributed by atoms with Crippen molar-refractivity contribution in [2.45, 2.75) is 11.8 Å². The van der Waals surface area contributed by atoms with E-state index in [0.717, 1.165) is 21.7 Å². The van der Waals surface area contributed by atoms with Gasteiger partial charge in [0.25, 0.3) is 11.8 Å². The summed E-state index contributed by atoms with van der Waals surface area (Å²) in [5.41, 5.74) is 3.71. The Labute approximate surface area is 226 Å². The van der Waals surface area contributed by atoms with Gasteiger partial charge in [-0.05, 0) is 72.7 Å². The summed E-state index contributed by atoms with van der Waals surface area (Å²) in [5.74, 6) is -0.657. The molecule has 0 saturated heterocycles. The summed E-state index contributed by atoms with van der Waals surface area (Å²) in [5, 5.41) is 8.46. The zero-order chi connectivity index (χ0) is 26.7. The maximum atomic E-state index is 13.2. The first kappa shape index (κ1) is 26.4. The quantitative estimate of drug-likeness (QED) is 0.183. The highest BCUT2D eigenvalue weighted by Crippen LogP contribution is 2.21. The van der Waals surface area contributed by atoms with E-state index in [1.54, 1.807) is 42.5 Å². The molecular weight excluding hydrogens is 494 g/mol. The van der Waals surface area contributed by atoms with Crippen LogP contribution in [0.2, 0.25) is 0 Å². The van der Waals surface area contributed by atoms with Crippen LogP contribution in [0.1, 0.15) is 21.5 Å². The molecule has 0 aromatic heterocycles. The predicted molar refractivity (Wildman–Crippen MR) is 154 cm³/mol. The normalized spacial score (nSPS) is 10.9. The van der Waals surface area contributed by atoms with Crippen LogP contribution < -0.4 is 16.0 Å². The molecular formula is C31H27N3O3S. The van der Waals surface area contributed by atoms with E-state index in [-0.39, 0.29) is 23.3 Å². The van der Waals surface area contributed by atoms with Gasteiger partial charge in [-0.3, -0.25) is 14.4 Å². The number of aryl methyl sites for hydroxylation is 1. The second-order valence-corrected chi connectivity index (χ2v) is 9.46. The van der Waals surface area contributed by atoms with E-state index in [4.69, 9.17) is 0 Å². The minimum Gasteiger partial charge on any atom is -0.325 e. The third-order valence-corrected chi connectivity index (χ3v) is 6.57. The Morgan fingerprint density at radius 2 is 1.32 bits per heavy atom. The van der Waals surface area contributed by atoms with Crippen molar-refractivity contribution in [2.24, 2.45) is 0 Å². The number of hydrogen-bond donors (Lipinski definition) is 3. The first-order chi connectivity index (χ1) is 18.5. The molecule has 0 unspecified atom stereocenters. The topological polar surface area (TPSA) is 87.3 Å². The molecule has 0 saturated carbocycles. The molecule has 190 valence electrons. The number of para-hydroxylation sites is 1. The summed E-state index contributed by atoms with van der Waals surface area (Å²) >= 11 is 1.40. The van der Waals surface area contributed by atoms with E-state index in [2.05, 4.69) is 16.0 Å². The maximum absolute atomic E-state index is 13.2. The summed E-state index contributed by atoms with van der Waals surface area (Å²) in [4.78, 5) is 39.1. The molecule has 0 spiro atoms. The third kappa shape index (κ3) is 7.69. The SMILES string of the molecule is Cc1ccccc1/C=C(\NC(=O)c1ccccc1)C(=O)Nc1ccc(SCC(=O)Nc2ccccc2)cc1. The second kappa shape index (κ2) is 13.1. The molecule has 0 radical (unpaired) electrons. The van der Waals surface area contributed by atoms with E-state index in [1.807, 2.05) is 79.7 Å². The zero-order valence-electron chi connectivity index (χ0n) is 20.8. The molecule has 3 N–H and O–H groups in total. The molecule has 4 aromatic rings. The first-order valence-corrected chi connectivity index (χ1v) is 13.0. The number of anilines is 2. The molecule has 3 amide bonds. The van der Waals surface area contributed by atoms with Gasteiger partial charge < -0.3 is 16.0 Å². The Hall–Kier alpha value is -4.62. The minimum atomic E-state index is -0.444. The molecule has 0 bridgehead atoms. The molecule has 0 aliphatic heterocycles. The van der Waals surface area contributed by atoms with Gasteiger partial charge in [-0.25, -0.2) is 0 Å². The standard InChI is InChI=1S/C31H27N3O3S/c1-22-10-8-9-13-24(22)20-28(34-30(36)23-11-4-2-5-12-23)31(37)33-26-16-18-27(19-17-26)38-21-29(35)32-25-14-6-3-7-15-25/h2-20H,21H2,1H3,(H,32,35)(H,33,37)(H,34,36)/b28-20-. The lowest BCUT2D eigenvalue weighted by Gasteiger charge is -2.12. The van der Waals surface area contributed by atoms with Crippen LogP contribution in [0.5, 0.6) is 0 Å². The van der Waals surface area contributed by atoms with Crippen molar-refractivity contribution in [3.05, 3.63) is 132 Å². The molecule has 0 atom stereocenters. The van der Waals surface area contributed by atoms with Crippen molar-refractivity contribution >= 4 is 46.9 Å². The smallest absolute Gasteiger partial charge is 0.272 e. The Balaban J connectivity index is 1.42. The van der Waals surface area contributed by atoms with Gasteiger partial charge in [0.05, 0.1) is 5.75 Å². The Morgan fingerprint density at radius 1 is 0.711 bits per heavy atom. The van der Waals surface area contributed by atoms with Crippen LogP contribution in [-0.4, -0.2) is 23.5 Å². The maximum Gasteiger partial charge on any atom is 0.272 e. The molecule has 0 aliphatic rings. The molecule has 0 fully saturated rings. The molecule has 4 aromatic carbocycles. The lowest BCUT2D eigenvalue weighted by molar-refractivity contribution is -0.114. The van der Waals surface area contributed by atoms with E-state index in [9.17, 15) is 14.4 Å². The molecule has 4 rings (SSSR count). The summed E-state index contributed by atoms with van der Waals surface area (Å²) in [6.45, 7) is 1.94.